The van der Waals surface area contributed by atoms with Gasteiger partial charge in [0.05, 0.1) is 16.2 Å². The fraction of sp³-hybridized carbons (Fsp3) is 0.550. The molecule has 1 aliphatic heterocycles. The summed E-state index contributed by atoms with van der Waals surface area (Å²) in [5.74, 6) is -1.07. The molecule has 2 atom stereocenters. The van der Waals surface area contributed by atoms with Crippen molar-refractivity contribution in [2.24, 2.45) is 5.92 Å². The minimum Gasteiger partial charge on any atom is -0.367 e. The number of sulfonamides is 1. The lowest BCUT2D eigenvalue weighted by Gasteiger charge is -2.29. The highest BCUT2D eigenvalue weighted by molar-refractivity contribution is 7.90. The monoisotopic (exact) mass is 449 g/mol. The Bertz CT molecular complexity index is 851. The Hall–Kier alpha value is -2.07. The van der Waals surface area contributed by atoms with Gasteiger partial charge in [0.1, 0.15) is 6.17 Å². The van der Waals surface area contributed by atoms with Crippen molar-refractivity contribution in [3.05, 3.63) is 47.7 Å². The Labute approximate surface area is 176 Å². The van der Waals surface area contributed by atoms with Gasteiger partial charge in [0.25, 0.3) is 0 Å². The van der Waals surface area contributed by atoms with Crippen LogP contribution in [0.5, 0.6) is 0 Å². The molecule has 0 aromatic heterocycles. The standard InChI is InChI=1S/C20H30F3N3O3S/c1-7-9-15(10-8-11-25-30(28,29)19(4,5)6)18(27)26-17-14(3)13(2)16(12-24-17)20(21,22)23/h7-8,10,12,15,17,24-25H,1,9,11H2,2-6H3,(H,26,27)/b10-8-/t15?,17-/m0/s1. The summed E-state index contributed by atoms with van der Waals surface area (Å²) in [4.78, 5) is 12.6. The van der Waals surface area contributed by atoms with Crippen molar-refractivity contribution < 1.29 is 26.4 Å². The summed E-state index contributed by atoms with van der Waals surface area (Å²) in [6.45, 7) is 11.2. The van der Waals surface area contributed by atoms with E-state index in [1.54, 1.807) is 26.8 Å². The third-order valence-electron chi connectivity index (χ3n) is 4.74. The molecule has 170 valence electrons. The largest absolute Gasteiger partial charge is 0.418 e. The lowest BCUT2D eigenvalue weighted by atomic mass is 9.97. The first-order valence-electron chi connectivity index (χ1n) is 9.40. The predicted octanol–water partition coefficient (Wildman–Crippen LogP) is 3.28. The zero-order valence-corrected chi connectivity index (χ0v) is 18.7. The number of carbonyl (C=O) groups is 1. The van der Waals surface area contributed by atoms with Crippen LogP contribution in [0, 0.1) is 5.92 Å². The van der Waals surface area contributed by atoms with Gasteiger partial charge in [0, 0.05) is 12.7 Å². The summed E-state index contributed by atoms with van der Waals surface area (Å²) in [5.41, 5.74) is -0.365. The fourth-order valence-corrected chi connectivity index (χ4v) is 3.33. The highest BCUT2D eigenvalue weighted by Crippen LogP contribution is 2.34. The van der Waals surface area contributed by atoms with Crippen molar-refractivity contribution in [1.29, 1.82) is 0 Å². The fourth-order valence-electron chi connectivity index (χ4n) is 2.58. The molecule has 30 heavy (non-hydrogen) atoms. The molecule has 0 bridgehead atoms. The molecule has 1 aliphatic rings. The Morgan fingerprint density at radius 3 is 2.40 bits per heavy atom. The van der Waals surface area contributed by atoms with Crippen LogP contribution in [-0.4, -0.2) is 38.0 Å². The van der Waals surface area contributed by atoms with Crippen LogP contribution < -0.4 is 15.4 Å². The quantitative estimate of drug-likeness (QED) is 0.497. The molecule has 0 spiro atoms. The summed E-state index contributed by atoms with van der Waals surface area (Å²) < 4.78 is 64.6. The van der Waals surface area contributed by atoms with Crippen molar-refractivity contribution in [2.45, 2.75) is 58.1 Å². The van der Waals surface area contributed by atoms with Gasteiger partial charge in [-0.05, 0) is 52.2 Å². The number of rotatable bonds is 8. The number of allylic oxidation sites excluding steroid dienone is 3. The second-order valence-electron chi connectivity index (χ2n) is 8.00. The topological polar surface area (TPSA) is 87.3 Å². The lowest BCUT2D eigenvalue weighted by Crippen LogP contribution is -2.48. The zero-order chi connectivity index (χ0) is 23.3. The third kappa shape index (κ3) is 6.73. The molecule has 3 N–H and O–H groups in total. The summed E-state index contributed by atoms with van der Waals surface area (Å²) in [7, 11) is -3.52. The van der Waals surface area contributed by atoms with Gasteiger partial charge < -0.3 is 10.6 Å². The number of hydrogen-bond donors (Lipinski definition) is 3. The number of amides is 1. The van der Waals surface area contributed by atoms with E-state index in [1.807, 2.05) is 0 Å². The van der Waals surface area contributed by atoms with Gasteiger partial charge >= 0.3 is 6.18 Å². The second-order valence-corrected chi connectivity index (χ2v) is 10.5. The van der Waals surface area contributed by atoms with Gasteiger partial charge in [-0.15, -0.1) is 6.58 Å². The van der Waals surface area contributed by atoms with Crippen molar-refractivity contribution >= 4 is 15.9 Å². The van der Waals surface area contributed by atoms with Crippen LogP contribution in [0.2, 0.25) is 0 Å². The first-order chi connectivity index (χ1) is 13.6. The average molecular weight is 450 g/mol. The highest BCUT2D eigenvalue weighted by Gasteiger charge is 2.38. The van der Waals surface area contributed by atoms with E-state index in [9.17, 15) is 26.4 Å². The number of halogens is 3. The third-order valence-corrected chi connectivity index (χ3v) is 6.90. The van der Waals surface area contributed by atoms with Gasteiger partial charge in [-0.25, -0.2) is 13.1 Å². The van der Waals surface area contributed by atoms with Crippen LogP contribution in [0.15, 0.2) is 47.7 Å². The summed E-state index contributed by atoms with van der Waals surface area (Å²) in [5, 5.41) is 5.25. The lowest BCUT2D eigenvalue weighted by molar-refractivity contribution is -0.124. The SMILES string of the molecule is C=CCC(/C=C\CNS(=O)(=O)C(C)(C)C)C(=O)N[C@@H]1NC=C(C(F)(F)F)C(C)=C1C. The van der Waals surface area contributed by atoms with Gasteiger partial charge in [-0.3, -0.25) is 4.79 Å². The van der Waals surface area contributed by atoms with Gasteiger partial charge in [-0.2, -0.15) is 13.2 Å². The molecule has 0 saturated carbocycles. The van der Waals surface area contributed by atoms with Gasteiger partial charge in [-0.1, -0.05) is 18.2 Å². The van der Waals surface area contributed by atoms with E-state index in [-0.39, 0.29) is 18.5 Å². The molecule has 0 radical (unpaired) electrons. The van der Waals surface area contributed by atoms with Crippen LogP contribution in [0.25, 0.3) is 0 Å². The molecule has 10 heteroatoms. The predicted molar refractivity (Wildman–Crippen MR) is 112 cm³/mol. The molecule has 0 saturated heterocycles. The van der Waals surface area contributed by atoms with Crippen LogP contribution in [0.1, 0.15) is 41.0 Å². The minimum absolute atomic E-state index is 0.0118. The van der Waals surface area contributed by atoms with Crippen LogP contribution in [-0.2, 0) is 14.8 Å². The van der Waals surface area contributed by atoms with Crippen LogP contribution >= 0.6 is 0 Å². The molecule has 6 nitrogen and oxygen atoms in total. The second kappa shape index (κ2) is 9.82. The number of carbonyl (C=O) groups excluding carboxylic acids is 1. The summed E-state index contributed by atoms with van der Waals surface area (Å²) in [6, 6.07) is 0. The molecule has 1 unspecified atom stereocenters. The van der Waals surface area contributed by atoms with Crippen LogP contribution in [0.4, 0.5) is 13.2 Å². The Morgan fingerprint density at radius 1 is 1.30 bits per heavy atom. The maximum atomic E-state index is 13.0. The molecular formula is C20H30F3N3O3S. The number of hydrogen-bond acceptors (Lipinski definition) is 4. The van der Waals surface area contributed by atoms with E-state index >= 15 is 0 Å². The van der Waals surface area contributed by atoms with E-state index in [4.69, 9.17) is 0 Å². The molecule has 1 rings (SSSR count). The molecule has 0 aliphatic carbocycles. The first-order valence-corrected chi connectivity index (χ1v) is 10.9. The normalized spacial score (nSPS) is 19.3. The Balaban J connectivity index is 2.82. The molecule has 1 heterocycles. The summed E-state index contributed by atoms with van der Waals surface area (Å²) in [6.07, 6.45) is 0.497. The van der Waals surface area contributed by atoms with E-state index in [2.05, 4.69) is 21.9 Å². The first kappa shape index (κ1) is 26.0. The van der Waals surface area contributed by atoms with E-state index in [0.717, 1.165) is 6.20 Å². The van der Waals surface area contributed by atoms with E-state index < -0.39 is 44.5 Å². The van der Waals surface area contributed by atoms with Gasteiger partial charge in [0.15, 0.2) is 0 Å². The number of nitrogens with one attached hydrogen (secondary N) is 3. The van der Waals surface area contributed by atoms with Gasteiger partial charge in [0.2, 0.25) is 15.9 Å². The Kier molecular flexibility index (Phi) is 8.50. The molecule has 1 amide bonds. The zero-order valence-electron chi connectivity index (χ0n) is 17.9. The number of alkyl halides is 3. The van der Waals surface area contributed by atoms with E-state index in [0.29, 0.717) is 5.57 Å². The molecular weight excluding hydrogens is 419 g/mol. The van der Waals surface area contributed by atoms with Crippen molar-refractivity contribution in [3.8, 4) is 0 Å². The van der Waals surface area contributed by atoms with Crippen molar-refractivity contribution in [2.75, 3.05) is 6.54 Å². The van der Waals surface area contributed by atoms with Crippen molar-refractivity contribution in [1.82, 2.24) is 15.4 Å². The van der Waals surface area contributed by atoms with Crippen molar-refractivity contribution in [3.63, 3.8) is 0 Å². The molecule has 0 fully saturated rings. The maximum absolute atomic E-state index is 13.0. The number of dihydropyridines is 1. The molecule has 0 aromatic carbocycles. The highest BCUT2D eigenvalue weighted by atomic mass is 32.2. The average Bonchev–Trinajstić information content (AvgIpc) is 2.59. The van der Waals surface area contributed by atoms with E-state index in [1.165, 1.54) is 26.0 Å². The summed E-state index contributed by atoms with van der Waals surface area (Å²) >= 11 is 0. The van der Waals surface area contributed by atoms with Crippen LogP contribution in [0.3, 0.4) is 0 Å². The molecule has 0 aromatic rings. The maximum Gasteiger partial charge on any atom is 0.418 e. The minimum atomic E-state index is -4.48. The smallest absolute Gasteiger partial charge is 0.367 e. The Morgan fingerprint density at radius 2 is 1.90 bits per heavy atom.